The van der Waals surface area contributed by atoms with Gasteiger partial charge in [-0.2, -0.15) is 0 Å². The number of hydrogen-bond acceptors (Lipinski definition) is 7. The van der Waals surface area contributed by atoms with Gasteiger partial charge in [-0.3, -0.25) is 0 Å². The van der Waals surface area contributed by atoms with Gasteiger partial charge >= 0.3 is 0 Å². The van der Waals surface area contributed by atoms with E-state index in [4.69, 9.17) is 9.88 Å². The maximum absolute atomic E-state index is 13.3. The Balaban J connectivity index is 1.89. The molecule has 0 spiro atoms. The average Bonchev–Trinajstić information content (AvgIpc) is 3.32. The number of hydrazine groups is 1. The van der Waals surface area contributed by atoms with Gasteiger partial charge in [0.2, 0.25) is 10.0 Å². The number of nitrogens with two attached hydrogens (primary N) is 1. The molecule has 0 fully saturated rings. The van der Waals surface area contributed by atoms with Crippen molar-refractivity contribution in [2.75, 3.05) is 7.11 Å². The van der Waals surface area contributed by atoms with Crippen molar-refractivity contribution in [3.05, 3.63) is 64.8 Å². The second kappa shape index (κ2) is 7.02. The number of thiazole rings is 1. The van der Waals surface area contributed by atoms with Crippen molar-refractivity contribution in [1.82, 2.24) is 15.8 Å². The lowest BCUT2D eigenvalue weighted by Crippen LogP contribution is -2.43. The number of ether oxygens (including phenoxy) is 1. The Hall–Kier alpha value is -2.60. The van der Waals surface area contributed by atoms with Crippen LogP contribution in [0.2, 0.25) is 0 Å². The van der Waals surface area contributed by atoms with Gasteiger partial charge in [-0.05, 0) is 42.0 Å². The molecule has 0 amide bonds. The molecule has 152 valence electrons. The summed E-state index contributed by atoms with van der Waals surface area (Å²) in [6, 6.07) is 11.1. The smallest absolute Gasteiger partial charge is 0.279 e. The van der Waals surface area contributed by atoms with Crippen LogP contribution in [0.25, 0.3) is 10.2 Å². The SMILES string of the molecule is COc1ccc2nc(C3(c4ccc(S(N)(=O)=O)cc4)C=C(C(F)F)NN3)sc2c1. The first-order chi connectivity index (χ1) is 13.7. The Morgan fingerprint density at radius 2 is 1.93 bits per heavy atom. The highest BCUT2D eigenvalue weighted by atomic mass is 32.2. The summed E-state index contributed by atoms with van der Waals surface area (Å²) in [6.45, 7) is 0. The third-order valence-corrected chi connectivity index (χ3v) is 6.66. The first-order valence-corrected chi connectivity index (χ1v) is 10.7. The second-order valence-electron chi connectivity index (χ2n) is 6.38. The zero-order valence-electron chi connectivity index (χ0n) is 15.0. The number of allylic oxidation sites excluding steroid dienone is 1. The van der Waals surface area contributed by atoms with Crippen LogP contribution >= 0.6 is 11.3 Å². The number of alkyl halides is 2. The molecule has 29 heavy (non-hydrogen) atoms. The molecule has 0 bridgehead atoms. The molecule has 1 atom stereocenters. The zero-order chi connectivity index (χ0) is 20.8. The molecule has 7 nitrogen and oxygen atoms in total. The van der Waals surface area contributed by atoms with Crippen molar-refractivity contribution in [3.63, 3.8) is 0 Å². The highest BCUT2D eigenvalue weighted by Crippen LogP contribution is 2.40. The molecule has 0 radical (unpaired) electrons. The largest absolute Gasteiger partial charge is 0.497 e. The van der Waals surface area contributed by atoms with Crippen LogP contribution in [0.5, 0.6) is 5.75 Å². The van der Waals surface area contributed by atoms with E-state index in [-0.39, 0.29) is 10.6 Å². The number of primary sulfonamides is 1. The summed E-state index contributed by atoms with van der Waals surface area (Å²) in [7, 11) is -2.32. The van der Waals surface area contributed by atoms with E-state index in [1.807, 2.05) is 6.07 Å². The van der Waals surface area contributed by atoms with Crippen LogP contribution in [0.15, 0.2) is 59.1 Å². The predicted molar refractivity (Wildman–Crippen MR) is 105 cm³/mol. The van der Waals surface area contributed by atoms with Crippen LogP contribution in [-0.4, -0.2) is 26.9 Å². The summed E-state index contributed by atoms with van der Waals surface area (Å²) in [5.74, 6) is 0.653. The van der Waals surface area contributed by atoms with Crippen LogP contribution in [0, 0.1) is 0 Å². The van der Waals surface area contributed by atoms with Gasteiger partial charge in [-0.15, -0.1) is 11.3 Å². The number of rotatable bonds is 5. The third kappa shape index (κ3) is 3.46. The minimum Gasteiger partial charge on any atom is -0.497 e. The van der Waals surface area contributed by atoms with Gasteiger partial charge in [0.05, 0.1) is 27.9 Å². The van der Waals surface area contributed by atoms with Crippen LogP contribution < -0.4 is 20.7 Å². The fourth-order valence-corrected chi connectivity index (χ4v) is 4.75. The number of sulfonamides is 1. The molecule has 1 unspecified atom stereocenters. The van der Waals surface area contributed by atoms with E-state index in [0.717, 1.165) is 4.70 Å². The van der Waals surface area contributed by atoms with Crippen LogP contribution in [0.4, 0.5) is 8.78 Å². The van der Waals surface area contributed by atoms with E-state index in [9.17, 15) is 17.2 Å². The lowest BCUT2D eigenvalue weighted by molar-refractivity contribution is 0.179. The molecular weight excluding hydrogens is 422 g/mol. The van der Waals surface area contributed by atoms with E-state index < -0.39 is 22.0 Å². The Bertz CT molecular complexity index is 1210. The molecular formula is C18H16F2N4O3S2. The van der Waals surface area contributed by atoms with Gasteiger partial charge in [-0.25, -0.2) is 32.7 Å². The molecule has 4 N–H and O–H groups in total. The standard InChI is InChI=1S/C18H16F2N4O3S2/c1-27-11-4-7-13-15(8-11)28-17(22-13)18(9-14(16(19)20)23-24-18)10-2-5-12(6-3-10)29(21,25)26/h2-9,16,23-24H,1H3,(H2,21,25,26). The number of nitrogens with one attached hydrogen (secondary N) is 2. The summed E-state index contributed by atoms with van der Waals surface area (Å²) < 4.78 is 55.8. The number of methoxy groups -OCH3 is 1. The maximum Gasteiger partial charge on any atom is 0.279 e. The fourth-order valence-electron chi connectivity index (χ4n) is 3.10. The summed E-state index contributed by atoms with van der Waals surface area (Å²) in [5, 5.41) is 5.66. The molecule has 3 aromatic rings. The Labute approximate surface area is 169 Å². The van der Waals surface area contributed by atoms with E-state index in [1.165, 1.54) is 41.7 Å². The third-order valence-electron chi connectivity index (χ3n) is 4.58. The molecule has 4 rings (SSSR count). The quantitative estimate of drug-likeness (QED) is 0.565. The Kier molecular flexibility index (Phi) is 4.77. The first kappa shape index (κ1) is 19.7. The fraction of sp³-hybridized carbons (Fsp3) is 0.167. The molecule has 2 heterocycles. The first-order valence-electron chi connectivity index (χ1n) is 8.35. The van der Waals surface area contributed by atoms with Gasteiger partial charge in [0.15, 0.2) is 0 Å². The number of aromatic nitrogens is 1. The molecule has 1 aliphatic rings. The summed E-state index contributed by atoms with van der Waals surface area (Å²) in [4.78, 5) is 4.54. The van der Waals surface area contributed by atoms with Crippen LogP contribution in [0.1, 0.15) is 10.6 Å². The molecule has 1 aromatic heterocycles. The van der Waals surface area contributed by atoms with Crippen molar-refractivity contribution in [1.29, 1.82) is 0 Å². The maximum atomic E-state index is 13.3. The minimum absolute atomic E-state index is 0.0746. The molecule has 0 saturated heterocycles. The van der Waals surface area contributed by atoms with Gasteiger partial charge < -0.3 is 10.2 Å². The minimum atomic E-state index is -3.88. The van der Waals surface area contributed by atoms with Gasteiger partial charge in [0, 0.05) is 0 Å². The van der Waals surface area contributed by atoms with Gasteiger partial charge in [-0.1, -0.05) is 12.1 Å². The topological polar surface area (TPSA) is 106 Å². The second-order valence-corrected chi connectivity index (χ2v) is 8.97. The molecule has 0 aliphatic carbocycles. The van der Waals surface area contributed by atoms with Crippen molar-refractivity contribution in [2.45, 2.75) is 16.9 Å². The predicted octanol–water partition coefficient (Wildman–Crippen LogP) is 2.45. The zero-order valence-corrected chi connectivity index (χ0v) is 16.7. The Morgan fingerprint density at radius 3 is 2.52 bits per heavy atom. The van der Waals surface area contributed by atoms with E-state index >= 15 is 0 Å². The molecule has 2 aromatic carbocycles. The summed E-state index contributed by atoms with van der Waals surface area (Å²) in [6.07, 6.45) is -1.36. The number of benzene rings is 2. The molecule has 0 saturated carbocycles. The summed E-state index contributed by atoms with van der Waals surface area (Å²) in [5.41, 5.74) is 5.12. The Morgan fingerprint density at radius 1 is 1.21 bits per heavy atom. The number of nitrogens with zero attached hydrogens (tertiary/aromatic N) is 1. The molecule has 1 aliphatic heterocycles. The van der Waals surface area contributed by atoms with Crippen LogP contribution in [0.3, 0.4) is 0 Å². The number of halogens is 2. The highest BCUT2D eigenvalue weighted by molar-refractivity contribution is 7.89. The highest BCUT2D eigenvalue weighted by Gasteiger charge is 2.41. The van der Waals surface area contributed by atoms with Crippen molar-refractivity contribution in [2.24, 2.45) is 5.14 Å². The van der Waals surface area contributed by atoms with Crippen molar-refractivity contribution in [3.8, 4) is 5.75 Å². The van der Waals surface area contributed by atoms with Gasteiger partial charge in [0.25, 0.3) is 6.43 Å². The normalized spacial score (nSPS) is 19.4. The average molecular weight is 438 g/mol. The van der Waals surface area contributed by atoms with E-state index in [0.29, 0.717) is 21.8 Å². The summed E-state index contributed by atoms with van der Waals surface area (Å²) >= 11 is 1.32. The molecule has 11 heteroatoms. The lowest BCUT2D eigenvalue weighted by atomic mass is 9.91. The van der Waals surface area contributed by atoms with E-state index in [1.54, 1.807) is 19.2 Å². The van der Waals surface area contributed by atoms with Gasteiger partial charge in [0.1, 0.15) is 16.3 Å². The van der Waals surface area contributed by atoms with Crippen molar-refractivity contribution >= 4 is 31.6 Å². The van der Waals surface area contributed by atoms with E-state index in [2.05, 4.69) is 15.8 Å². The van der Waals surface area contributed by atoms with Crippen molar-refractivity contribution < 1.29 is 21.9 Å². The number of hydrogen-bond donors (Lipinski definition) is 3. The van der Waals surface area contributed by atoms with Crippen LogP contribution in [-0.2, 0) is 15.6 Å². The lowest BCUT2D eigenvalue weighted by Gasteiger charge is -2.25. The monoisotopic (exact) mass is 438 g/mol. The number of fused-ring (bicyclic) bond motifs is 1.